The molecule has 2 atom stereocenters. The summed E-state index contributed by atoms with van der Waals surface area (Å²) in [7, 11) is -1.64. The molecule has 1 heterocycles. The highest BCUT2D eigenvalue weighted by Crippen LogP contribution is 2.17. The van der Waals surface area contributed by atoms with Gasteiger partial charge in [0.15, 0.2) is 9.84 Å². The number of hydrogen-bond acceptors (Lipinski definition) is 6. The molecule has 2 N–H and O–H groups in total. The number of amides is 1. The third-order valence-electron chi connectivity index (χ3n) is 2.97. The highest BCUT2D eigenvalue weighted by atomic mass is 32.2. The van der Waals surface area contributed by atoms with Gasteiger partial charge in [0.1, 0.15) is 6.04 Å². The molecule has 1 rings (SSSR count). The number of hydrogen-bond donors (Lipinski definition) is 2. The van der Waals surface area contributed by atoms with Crippen molar-refractivity contribution < 1.29 is 22.7 Å². The molecule has 0 bridgehead atoms. The van der Waals surface area contributed by atoms with Gasteiger partial charge in [-0.25, -0.2) is 13.2 Å². The Hall–Kier alpha value is -1.15. The fourth-order valence-electron chi connectivity index (χ4n) is 2.05. The highest BCUT2D eigenvalue weighted by molar-refractivity contribution is 7.91. The smallest absolute Gasteiger partial charge is 0.329 e. The monoisotopic (exact) mass is 292 g/mol. The van der Waals surface area contributed by atoms with E-state index in [4.69, 9.17) is 0 Å². The normalized spacial score (nSPS) is 22.7. The second-order valence-electron chi connectivity index (χ2n) is 4.70. The number of ether oxygens (including phenoxy) is 1. The number of carbonyl (C=O) groups is 2. The van der Waals surface area contributed by atoms with Crippen LogP contribution in [0.15, 0.2) is 0 Å². The molecule has 1 aliphatic rings. The minimum absolute atomic E-state index is 0.0700. The molecule has 0 aromatic carbocycles. The molecule has 0 saturated carbocycles. The maximum Gasteiger partial charge on any atom is 0.329 e. The Balaban J connectivity index is 2.36. The summed E-state index contributed by atoms with van der Waals surface area (Å²) in [6.45, 7) is 2.05. The zero-order chi connectivity index (χ0) is 14.5. The first-order valence-electron chi connectivity index (χ1n) is 6.10. The Morgan fingerprint density at radius 3 is 2.58 bits per heavy atom. The fraction of sp³-hybridized carbons (Fsp3) is 0.818. The van der Waals surface area contributed by atoms with Gasteiger partial charge in [0.05, 0.1) is 18.6 Å². The average molecular weight is 292 g/mol. The molecule has 2 unspecified atom stereocenters. The van der Waals surface area contributed by atoms with Crippen LogP contribution in [-0.2, 0) is 24.2 Å². The molecule has 1 saturated heterocycles. The maximum absolute atomic E-state index is 11.4. The Bertz CT molecular complexity index is 434. The van der Waals surface area contributed by atoms with E-state index in [0.717, 1.165) is 0 Å². The number of rotatable bonds is 6. The van der Waals surface area contributed by atoms with E-state index in [1.807, 2.05) is 0 Å². The summed E-state index contributed by atoms with van der Waals surface area (Å²) < 4.78 is 27.1. The van der Waals surface area contributed by atoms with E-state index < -0.39 is 21.8 Å². The van der Waals surface area contributed by atoms with Crippen molar-refractivity contribution in [3.8, 4) is 0 Å². The predicted molar refractivity (Wildman–Crippen MR) is 69.3 cm³/mol. The molecular formula is C11H20N2O5S. The van der Waals surface area contributed by atoms with Crippen LogP contribution in [0.25, 0.3) is 0 Å². The standard InChI is InChI=1S/C11H20N2O5S/c1-8(14)13-10(11(15)18-2)6-12-5-9-3-4-19(16,17)7-9/h9-10,12H,3-7H2,1-2H3,(H,13,14). The zero-order valence-electron chi connectivity index (χ0n) is 11.1. The van der Waals surface area contributed by atoms with E-state index in [0.29, 0.717) is 13.0 Å². The van der Waals surface area contributed by atoms with Crippen LogP contribution in [0.4, 0.5) is 0 Å². The lowest BCUT2D eigenvalue weighted by Gasteiger charge is -2.17. The molecule has 0 aromatic rings. The van der Waals surface area contributed by atoms with Crippen molar-refractivity contribution >= 4 is 21.7 Å². The SMILES string of the molecule is COC(=O)C(CNCC1CCS(=O)(=O)C1)NC(C)=O. The topological polar surface area (TPSA) is 102 Å². The van der Waals surface area contributed by atoms with Gasteiger partial charge < -0.3 is 15.4 Å². The summed E-state index contributed by atoms with van der Waals surface area (Å²) >= 11 is 0. The molecule has 1 amide bonds. The highest BCUT2D eigenvalue weighted by Gasteiger charge is 2.28. The molecule has 0 spiro atoms. The molecule has 0 radical (unpaired) electrons. The molecule has 110 valence electrons. The van der Waals surface area contributed by atoms with Crippen molar-refractivity contribution in [2.75, 3.05) is 31.7 Å². The minimum Gasteiger partial charge on any atom is -0.467 e. The van der Waals surface area contributed by atoms with Crippen LogP contribution in [0.5, 0.6) is 0 Å². The molecular weight excluding hydrogens is 272 g/mol. The molecule has 0 aromatic heterocycles. The molecule has 19 heavy (non-hydrogen) atoms. The number of carbonyl (C=O) groups excluding carboxylic acids is 2. The second-order valence-corrected chi connectivity index (χ2v) is 6.93. The fourth-order valence-corrected chi connectivity index (χ4v) is 3.91. The first-order valence-corrected chi connectivity index (χ1v) is 7.92. The summed E-state index contributed by atoms with van der Waals surface area (Å²) in [5.41, 5.74) is 0. The summed E-state index contributed by atoms with van der Waals surface area (Å²) in [6.07, 6.45) is 0.637. The predicted octanol–water partition coefficient (Wildman–Crippen LogP) is -1.31. The number of methoxy groups -OCH3 is 1. The van der Waals surface area contributed by atoms with E-state index in [2.05, 4.69) is 15.4 Å². The molecule has 1 aliphatic heterocycles. The number of esters is 1. The van der Waals surface area contributed by atoms with E-state index in [9.17, 15) is 18.0 Å². The van der Waals surface area contributed by atoms with Crippen LogP contribution in [0.1, 0.15) is 13.3 Å². The quantitative estimate of drug-likeness (QED) is 0.589. The van der Waals surface area contributed by atoms with E-state index in [1.165, 1.54) is 14.0 Å². The van der Waals surface area contributed by atoms with Crippen LogP contribution in [0.2, 0.25) is 0 Å². The van der Waals surface area contributed by atoms with Gasteiger partial charge in [-0.1, -0.05) is 0 Å². The van der Waals surface area contributed by atoms with Gasteiger partial charge in [-0.05, 0) is 18.9 Å². The number of sulfone groups is 1. The van der Waals surface area contributed by atoms with Gasteiger partial charge in [-0.2, -0.15) is 0 Å². The van der Waals surface area contributed by atoms with Crippen LogP contribution in [-0.4, -0.2) is 58.0 Å². The molecule has 7 nitrogen and oxygen atoms in total. The first-order chi connectivity index (χ1) is 8.84. The van der Waals surface area contributed by atoms with Gasteiger partial charge >= 0.3 is 5.97 Å². The first kappa shape index (κ1) is 15.9. The third kappa shape index (κ3) is 5.56. The summed E-state index contributed by atoms with van der Waals surface area (Å²) in [6, 6.07) is -0.750. The van der Waals surface area contributed by atoms with Gasteiger partial charge in [-0.3, -0.25) is 4.79 Å². The van der Waals surface area contributed by atoms with Crippen LogP contribution in [0.3, 0.4) is 0 Å². The zero-order valence-corrected chi connectivity index (χ0v) is 12.0. The summed E-state index contributed by atoms with van der Waals surface area (Å²) in [4.78, 5) is 22.4. The number of nitrogens with one attached hydrogen (secondary N) is 2. The van der Waals surface area contributed by atoms with E-state index >= 15 is 0 Å². The Morgan fingerprint density at radius 1 is 1.42 bits per heavy atom. The van der Waals surface area contributed by atoms with Crippen LogP contribution < -0.4 is 10.6 Å². The molecule has 0 aliphatic carbocycles. The van der Waals surface area contributed by atoms with Gasteiger partial charge in [0, 0.05) is 13.5 Å². The van der Waals surface area contributed by atoms with Crippen LogP contribution >= 0.6 is 0 Å². The van der Waals surface area contributed by atoms with Gasteiger partial charge in [0.2, 0.25) is 5.91 Å². The van der Waals surface area contributed by atoms with Crippen molar-refractivity contribution in [1.82, 2.24) is 10.6 Å². The lowest BCUT2D eigenvalue weighted by Crippen LogP contribution is -2.47. The Kier molecular flexibility index (Phi) is 5.74. The molecule has 8 heteroatoms. The maximum atomic E-state index is 11.4. The van der Waals surface area contributed by atoms with Crippen LogP contribution in [0, 0.1) is 5.92 Å². The van der Waals surface area contributed by atoms with Crippen molar-refractivity contribution in [3.05, 3.63) is 0 Å². The Morgan fingerprint density at radius 2 is 2.11 bits per heavy atom. The average Bonchev–Trinajstić information content (AvgIpc) is 2.66. The van der Waals surface area contributed by atoms with Crippen molar-refractivity contribution in [2.45, 2.75) is 19.4 Å². The van der Waals surface area contributed by atoms with Gasteiger partial charge in [0.25, 0.3) is 0 Å². The molecule has 1 fully saturated rings. The van der Waals surface area contributed by atoms with E-state index in [-0.39, 0.29) is 29.9 Å². The summed E-state index contributed by atoms with van der Waals surface area (Å²) in [5.74, 6) is -0.364. The minimum atomic E-state index is -2.89. The van der Waals surface area contributed by atoms with Gasteiger partial charge in [-0.15, -0.1) is 0 Å². The van der Waals surface area contributed by atoms with Crippen molar-refractivity contribution in [1.29, 1.82) is 0 Å². The van der Waals surface area contributed by atoms with E-state index in [1.54, 1.807) is 0 Å². The van der Waals surface area contributed by atoms with Crippen molar-refractivity contribution in [3.63, 3.8) is 0 Å². The second kappa shape index (κ2) is 6.85. The lowest BCUT2D eigenvalue weighted by molar-refractivity contribution is -0.144. The third-order valence-corrected chi connectivity index (χ3v) is 4.81. The Labute approximate surface area is 113 Å². The summed E-state index contributed by atoms with van der Waals surface area (Å²) in [5, 5.41) is 5.48. The largest absolute Gasteiger partial charge is 0.467 e. The van der Waals surface area contributed by atoms with Crippen molar-refractivity contribution in [2.24, 2.45) is 5.92 Å². The lowest BCUT2D eigenvalue weighted by atomic mass is 10.1.